The number of nitrogens with one attached hydrogen (secondary N) is 1. The molecule has 9 nitrogen and oxygen atoms in total. The minimum Gasteiger partial charge on any atom is -0.493 e. The van der Waals surface area contributed by atoms with Crippen LogP contribution in [0.3, 0.4) is 0 Å². The Kier molecular flexibility index (Phi) is 12.3. The molecule has 0 fully saturated rings. The SMILES string of the molecule is CC[C@H](C(=O)N[C@@H](C)CC)N(Cc1ccc(Cl)cc1Cl)C(=O)CN(c1ccc(F)cc1)S(=O)(=O)c1ccc(OC)c(OC)c1. The van der Waals surface area contributed by atoms with Crippen LogP contribution in [0.4, 0.5) is 10.1 Å². The normalized spacial score (nSPS) is 12.6. The van der Waals surface area contributed by atoms with Crippen LogP contribution in [0.5, 0.6) is 11.5 Å². The number of sulfonamides is 1. The van der Waals surface area contributed by atoms with E-state index in [0.717, 1.165) is 16.4 Å². The summed E-state index contributed by atoms with van der Waals surface area (Å²) in [5.41, 5.74) is 0.548. The number of nitrogens with zero attached hydrogens (tertiary/aromatic N) is 2. The molecule has 0 heterocycles. The molecule has 0 radical (unpaired) electrons. The Labute approximate surface area is 267 Å². The first-order valence-electron chi connectivity index (χ1n) is 13.9. The molecule has 238 valence electrons. The van der Waals surface area contributed by atoms with E-state index in [1.807, 2.05) is 13.8 Å². The topological polar surface area (TPSA) is 105 Å². The average Bonchev–Trinajstić information content (AvgIpc) is 3.00. The maximum atomic E-state index is 14.2. The van der Waals surface area contributed by atoms with Gasteiger partial charge in [-0.1, -0.05) is 43.1 Å². The van der Waals surface area contributed by atoms with Crippen molar-refractivity contribution in [2.24, 2.45) is 0 Å². The molecule has 1 N–H and O–H groups in total. The van der Waals surface area contributed by atoms with Crippen molar-refractivity contribution >= 4 is 50.7 Å². The molecule has 0 aliphatic heterocycles. The molecule has 0 aromatic heterocycles. The minimum atomic E-state index is -4.43. The lowest BCUT2D eigenvalue weighted by Gasteiger charge is -2.34. The van der Waals surface area contributed by atoms with Gasteiger partial charge in [-0.3, -0.25) is 13.9 Å². The first-order chi connectivity index (χ1) is 20.9. The Morgan fingerprint density at radius 3 is 2.16 bits per heavy atom. The summed E-state index contributed by atoms with van der Waals surface area (Å²) in [4.78, 5) is 28.7. The van der Waals surface area contributed by atoms with Gasteiger partial charge in [-0.2, -0.15) is 0 Å². The van der Waals surface area contributed by atoms with E-state index >= 15 is 0 Å². The molecule has 44 heavy (non-hydrogen) atoms. The lowest BCUT2D eigenvalue weighted by atomic mass is 10.1. The van der Waals surface area contributed by atoms with Crippen LogP contribution in [0.2, 0.25) is 10.0 Å². The summed E-state index contributed by atoms with van der Waals surface area (Å²) >= 11 is 12.5. The molecule has 0 aliphatic carbocycles. The van der Waals surface area contributed by atoms with Crippen molar-refractivity contribution in [3.05, 3.63) is 82.1 Å². The monoisotopic (exact) mass is 667 g/mol. The number of halogens is 3. The van der Waals surface area contributed by atoms with E-state index < -0.39 is 40.2 Å². The van der Waals surface area contributed by atoms with E-state index in [9.17, 15) is 22.4 Å². The number of rotatable bonds is 14. The molecule has 3 rings (SSSR count). The second-order valence-electron chi connectivity index (χ2n) is 10.0. The van der Waals surface area contributed by atoms with Crippen LogP contribution in [-0.2, 0) is 26.2 Å². The van der Waals surface area contributed by atoms with Crippen LogP contribution in [0.1, 0.15) is 39.2 Å². The van der Waals surface area contributed by atoms with Gasteiger partial charge in [-0.25, -0.2) is 12.8 Å². The van der Waals surface area contributed by atoms with Gasteiger partial charge in [0.2, 0.25) is 11.8 Å². The molecule has 0 unspecified atom stereocenters. The standard InChI is InChI=1S/C31H36Cl2FN3O6S/c1-6-20(3)35-31(39)27(7-2)36(18-21-8-9-22(32)16-26(21)33)30(38)19-37(24-12-10-23(34)11-13-24)44(40,41)25-14-15-28(42-4)29(17-25)43-5/h8-17,20,27H,6-7,18-19H2,1-5H3,(H,35,39)/t20-,27+/m0/s1. The third-order valence-corrected chi connectivity index (χ3v) is 9.44. The van der Waals surface area contributed by atoms with Crippen molar-refractivity contribution in [1.29, 1.82) is 0 Å². The van der Waals surface area contributed by atoms with Gasteiger partial charge in [0.15, 0.2) is 11.5 Å². The maximum Gasteiger partial charge on any atom is 0.264 e. The maximum absolute atomic E-state index is 14.2. The van der Waals surface area contributed by atoms with Gasteiger partial charge in [-0.05, 0) is 73.9 Å². The Bertz CT molecular complexity index is 1570. The van der Waals surface area contributed by atoms with E-state index in [4.69, 9.17) is 32.7 Å². The third-order valence-electron chi connectivity index (χ3n) is 7.08. The van der Waals surface area contributed by atoms with Crippen LogP contribution in [0.15, 0.2) is 65.6 Å². The predicted octanol–water partition coefficient (Wildman–Crippen LogP) is 6.07. The van der Waals surface area contributed by atoms with E-state index in [2.05, 4.69) is 5.32 Å². The summed E-state index contributed by atoms with van der Waals surface area (Å²) < 4.78 is 53.5. The second-order valence-corrected chi connectivity index (χ2v) is 12.7. The van der Waals surface area contributed by atoms with Gasteiger partial charge < -0.3 is 19.7 Å². The average molecular weight is 669 g/mol. The van der Waals surface area contributed by atoms with Gasteiger partial charge >= 0.3 is 0 Å². The summed E-state index contributed by atoms with van der Waals surface area (Å²) in [6, 6.07) is 12.4. The summed E-state index contributed by atoms with van der Waals surface area (Å²) in [5.74, 6) is -1.20. The molecule has 0 aliphatic rings. The number of methoxy groups -OCH3 is 2. The van der Waals surface area contributed by atoms with Crippen molar-refractivity contribution in [1.82, 2.24) is 10.2 Å². The van der Waals surface area contributed by atoms with Gasteiger partial charge in [-0.15, -0.1) is 0 Å². The molecule has 0 saturated carbocycles. The Morgan fingerprint density at radius 2 is 1.59 bits per heavy atom. The fourth-order valence-corrected chi connectivity index (χ4v) is 6.33. The number of carbonyl (C=O) groups excluding carboxylic acids is 2. The van der Waals surface area contributed by atoms with Crippen molar-refractivity contribution in [2.45, 2.75) is 57.1 Å². The Morgan fingerprint density at radius 1 is 0.932 bits per heavy atom. The third kappa shape index (κ3) is 8.34. The number of amides is 2. The van der Waals surface area contributed by atoms with Crippen LogP contribution in [0, 0.1) is 5.82 Å². The molecular weight excluding hydrogens is 632 g/mol. The van der Waals surface area contributed by atoms with Gasteiger partial charge in [0.05, 0.1) is 24.8 Å². The summed E-state index contributed by atoms with van der Waals surface area (Å²) in [5, 5.41) is 3.58. The molecular formula is C31H36Cl2FN3O6S. The first-order valence-corrected chi connectivity index (χ1v) is 16.1. The van der Waals surface area contributed by atoms with Gasteiger partial charge in [0, 0.05) is 28.7 Å². The number of anilines is 1. The summed E-state index contributed by atoms with van der Waals surface area (Å²) in [6.07, 6.45) is 0.902. The van der Waals surface area contributed by atoms with Gasteiger partial charge in [0.1, 0.15) is 18.4 Å². The second kappa shape index (κ2) is 15.5. The van der Waals surface area contributed by atoms with E-state index in [1.165, 1.54) is 55.5 Å². The number of hydrogen-bond donors (Lipinski definition) is 1. The van der Waals surface area contributed by atoms with Crippen LogP contribution < -0.4 is 19.1 Å². The molecule has 2 atom stereocenters. The molecule has 0 saturated heterocycles. The zero-order valence-electron chi connectivity index (χ0n) is 25.1. The first kappa shape index (κ1) is 34.9. The highest BCUT2D eigenvalue weighted by Crippen LogP contribution is 2.33. The van der Waals surface area contributed by atoms with E-state index in [1.54, 1.807) is 19.1 Å². The van der Waals surface area contributed by atoms with Crippen molar-refractivity contribution in [2.75, 3.05) is 25.1 Å². The fraction of sp³-hybridized carbons (Fsp3) is 0.355. The van der Waals surface area contributed by atoms with E-state index in [-0.39, 0.29) is 40.4 Å². The number of carbonyl (C=O) groups is 2. The molecule has 13 heteroatoms. The van der Waals surface area contributed by atoms with Crippen LogP contribution >= 0.6 is 23.2 Å². The highest BCUT2D eigenvalue weighted by Gasteiger charge is 2.34. The van der Waals surface area contributed by atoms with Crippen molar-refractivity contribution in [3.63, 3.8) is 0 Å². The quantitative estimate of drug-likeness (QED) is 0.224. The van der Waals surface area contributed by atoms with Crippen LogP contribution in [0.25, 0.3) is 0 Å². The summed E-state index contributed by atoms with van der Waals surface area (Å²) in [7, 11) is -1.65. The van der Waals surface area contributed by atoms with Crippen LogP contribution in [-0.4, -0.2) is 58.0 Å². The highest BCUT2D eigenvalue weighted by molar-refractivity contribution is 7.92. The molecule has 3 aromatic rings. The molecule has 0 bridgehead atoms. The van der Waals surface area contributed by atoms with E-state index in [0.29, 0.717) is 22.8 Å². The smallest absolute Gasteiger partial charge is 0.264 e. The summed E-state index contributed by atoms with van der Waals surface area (Å²) in [6.45, 7) is 4.71. The fourth-order valence-electron chi connectivity index (χ4n) is 4.43. The molecule has 0 spiro atoms. The number of ether oxygens (including phenoxy) is 2. The lowest BCUT2D eigenvalue weighted by Crippen LogP contribution is -2.53. The Balaban J connectivity index is 2.12. The lowest BCUT2D eigenvalue weighted by molar-refractivity contribution is -0.140. The predicted molar refractivity (Wildman–Crippen MR) is 169 cm³/mol. The largest absolute Gasteiger partial charge is 0.493 e. The molecule has 2 amide bonds. The zero-order chi connectivity index (χ0) is 32.6. The number of hydrogen-bond acceptors (Lipinski definition) is 6. The minimum absolute atomic E-state index is 0.0381. The highest BCUT2D eigenvalue weighted by atomic mass is 35.5. The zero-order valence-corrected chi connectivity index (χ0v) is 27.5. The van der Waals surface area contributed by atoms with Gasteiger partial charge in [0.25, 0.3) is 10.0 Å². The van der Waals surface area contributed by atoms with Crippen molar-refractivity contribution in [3.8, 4) is 11.5 Å². The van der Waals surface area contributed by atoms with Crippen molar-refractivity contribution < 1.29 is 31.9 Å². The molecule has 3 aromatic carbocycles. The number of benzene rings is 3. The Hall–Kier alpha value is -3.54.